The second-order valence-electron chi connectivity index (χ2n) is 5.61. The van der Waals surface area contributed by atoms with Crippen molar-refractivity contribution in [3.8, 4) is 0 Å². The fourth-order valence-electron chi connectivity index (χ4n) is 2.88. The molecule has 114 valence electrons. The van der Waals surface area contributed by atoms with E-state index in [0.717, 1.165) is 25.9 Å². The molecule has 2 aliphatic rings. The number of amides is 1. The Bertz CT molecular complexity index is 353. The topological polar surface area (TPSA) is 70.1 Å². The van der Waals surface area contributed by atoms with Gasteiger partial charge >= 0.3 is 5.97 Å². The summed E-state index contributed by atoms with van der Waals surface area (Å²) in [7, 11) is 0. The molecular weight excluding hydrogens is 260 g/mol. The van der Waals surface area contributed by atoms with Crippen LogP contribution in [-0.2, 0) is 14.3 Å². The van der Waals surface area contributed by atoms with Crippen LogP contribution < -0.4 is 0 Å². The van der Waals surface area contributed by atoms with Gasteiger partial charge in [0.2, 0.25) is 5.91 Å². The maximum Gasteiger partial charge on any atom is 0.334 e. The molecule has 0 aromatic heterocycles. The summed E-state index contributed by atoms with van der Waals surface area (Å²) in [5.74, 6) is -0.831. The van der Waals surface area contributed by atoms with Gasteiger partial charge in [0.05, 0.1) is 12.6 Å². The van der Waals surface area contributed by atoms with Gasteiger partial charge in [-0.2, -0.15) is 0 Å². The number of likely N-dealkylation sites (tertiary alicyclic amines) is 1. The highest BCUT2D eigenvalue weighted by Gasteiger charge is 2.33. The Morgan fingerprint density at radius 1 is 1.15 bits per heavy atom. The van der Waals surface area contributed by atoms with Gasteiger partial charge in [-0.3, -0.25) is 9.69 Å². The number of ether oxygens (including phenoxy) is 1. The van der Waals surface area contributed by atoms with E-state index in [9.17, 15) is 9.59 Å². The summed E-state index contributed by atoms with van der Waals surface area (Å²) in [4.78, 5) is 27.4. The van der Waals surface area contributed by atoms with Gasteiger partial charge in [0.25, 0.3) is 0 Å². The number of rotatable bonds is 3. The van der Waals surface area contributed by atoms with Crippen molar-refractivity contribution in [2.45, 2.75) is 44.8 Å². The SMILES string of the molecule is CC(C(=O)N1CCCCCC1)N1CCOC(C(=O)O)C1. The third-order valence-corrected chi connectivity index (χ3v) is 4.20. The lowest BCUT2D eigenvalue weighted by atomic mass is 10.2. The van der Waals surface area contributed by atoms with E-state index >= 15 is 0 Å². The molecule has 0 bridgehead atoms. The average Bonchev–Trinajstić information content (AvgIpc) is 2.75. The zero-order valence-electron chi connectivity index (χ0n) is 12.1. The van der Waals surface area contributed by atoms with Gasteiger partial charge in [-0.1, -0.05) is 12.8 Å². The lowest BCUT2D eigenvalue weighted by molar-refractivity contribution is -0.159. The van der Waals surface area contributed by atoms with Crippen LogP contribution in [0.1, 0.15) is 32.6 Å². The molecule has 2 fully saturated rings. The minimum Gasteiger partial charge on any atom is -0.479 e. The Labute approximate surface area is 119 Å². The zero-order valence-corrected chi connectivity index (χ0v) is 12.1. The van der Waals surface area contributed by atoms with Crippen LogP contribution in [0.25, 0.3) is 0 Å². The largest absolute Gasteiger partial charge is 0.479 e. The quantitative estimate of drug-likeness (QED) is 0.820. The molecule has 20 heavy (non-hydrogen) atoms. The molecule has 0 aromatic carbocycles. The second kappa shape index (κ2) is 7.04. The molecule has 6 nitrogen and oxygen atoms in total. The van der Waals surface area contributed by atoms with Gasteiger partial charge in [-0.25, -0.2) is 4.79 Å². The molecule has 0 saturated carbocycles. The molecule has 1 N–H and O–H groups in total. The number of carboxylic acids is 1. The van der Waals surface area contributed by atoms with Crippen LogP contribution in [0.2, 0.25) is 0 Å². The molecule has 0 spiro atoms. The molecule has 2 rings (SSSR count). The van der Waals surface area contributed by atoms with E-state index in [4.69, 9.17) is 9.84 Å². The Hall–Kier alpha value is -1.14. The van der Waals surface area contributed by atoms with Gasteiger partial charge in [0, 0.05) is 26.2 Å². The highest BCUT2D eigenvalue weighted by atomic mass is 16.5. The first-order valence-electron chi connectivity index (χ1n) is 7.47. The summed E-state index contributed by atoms with van der Waals surface area (Å²) in [6, 6.07) is -0.265. The van der Waals surface area contributed by atoms with E-state index in [-0.39, 0.29) is 18.5 Å². The second-order valence-corrected chi connectivity index (χ2v) is 5.61. The average molecular weight is 284 g/mol. The van der Waals surface area contributed by atoms with E-state index < -0.39 is 12.1 Å². The molecule has 6 heteroatoms. The van der Waals surface area contributed by atoms with Crippen molar-refractivity contribution in [2.24, 2.45) is 0 Å². The monoisotopic (exact) mass is 284 g/mol. The third-order valence-electron chi connectivity index (χ3n) is 4.20. The number of hydrogen-bond acceptors (Lipinski definition) is 4. The highest BCUT2D eigenvalue weighted by molar-refractivity contribution is 5.81. The predicted octanol–water partition coefficient (Wildman–Crippen LogP) is 0.563. The first-order chi connectivity index (χ1) is 9.59. The summed E-state index contributed by atoms with van der Waals surface area (Å²) < 4.78 is 5.20. The number of hydrogen-bond donors (Lipinski definition) is 1. The van der Waals surface area contributed by atoms with Crippen LogP contribution in [0.15, 0.2) is 0 Å². The van der Waals surface area contributed by atoms with E-state index in [2.05, 4.69) is 0 Å². The van der Waals surface area contributed by atoms with Crippen molar-refractivity contribution in [2.75, 3.05) is 32.8 Å². The lowest BCUT2D eigenvalue weighted by Crippen LogP contribution is -2.54. The predicted molar refractivity (Wildman–Crippen MR) is 73.5 cm³/mol. The van der Waals surface area contributed by atoms with Crippen molar-refractivity contribution < 1.29 is 19.4 Å². The summed E-state index contributed by atoms with van der Waals surface area (Å²) in [6.07, 6.45) is 3.70. The summed E-state index contributed by atoms with van der Waals surface area (Å²) in [6.45, 7) is 4.80. The van der Waals surface area contributed by atoms with Crippen molar-refractivity contribution in [1.29, 1.82) is 0 Å². The van der Waals surface area contributed by atoms with Crippen molar-refractivity contribution in [1.82, 2.24) is 9.80 Å². The van der Waals surface area contributed by atoms with Crippen LogP contribution in [0.4, 0.5) is 0 Å². The number of morpholine rings is 1. The first-order valence-corrected chi connectivity index (χ1v) is 7.47. The molecule has 2 heterocycles. The molecular formula is C14H24N2O4. The highest BCUT2D eigenvalue weighted by Crippen LogP contribution is 2.15. The zero-order chi connectivity index (χ0) is 14.5. The van der Waals surface area contributed by atoms with Gasteiger partial charge in [0.1, 0.15) is 0 Å². The Balaban J connectivity index is 1.93. The van der Waals surface area contributed by atoms with Gasteiger partial charge in [0.15, 0.2) is 6.10 Å². The minimum atomic E-state index is -0.955. The van der Waals surface area contributed by atoms with Gasteiger partial charge in [-0.15, -0.1) is 0 Å². The van der Waals surface area contributed by atoms with Crippen molar-refractivity contribution in [3.05, 3.63) is 0 Å². The van der Waals surface area contributed by atoms with Crippen LogP contribution in [0.3, 0.4) is 0 Å². The minimum absolute atomic E-state index is 0.123. The van der Waals surface area contributed by atoms with Crippen LogP contribution in [0.5, 0.6) is 0 Å². The Kier molecular flexibility index (Phi) is 5.37. The van der Waals surface area contributed by atoms with Gasteiger partial charge < -0.3 is 14.7 Å². The number of carboxylic acid groups (broad SMARTS) is 1. The molecule has 1 amide bonds. The first kappa shape index (κ1) is 15.3. The summed E-state index contributed by atoms with van der Waals surface area (Å²) in [5.41, 5.74) is 0. The molecule has 0 radical (unpaired) electrons. The Morgan fingerprint density at radius 2 is 1.80 bits per heavy atom. The Morgan fingerprint density at radius 3 is 2.40 bits per heavy atom. The van der Waals surface area contributed by atoms with E-state index in [1.165, 1.54) is 12.8 Å². The standard InChI is InChI=1S/C14H24N2O4/c1-11(13(17)15-6-4-2-3-5-7-15)16-8-9-20-12(10-16)14(18)19/h11-12H,2-10H2,1H3,(H,18,19). The molecule has 2 atom stereocenters. The smallest absolute Gasteiger partial charge is 0.334 e. The van der Waals surface area contributed by atoms with Gasteiger partial charge in [-0.05, 0) is 19.8 Å². The van der Waals surface area contributed by atoms with E-state index in [1.807, 2.05) is 16.7 Å². The van der Waals surface area contributed by atoms with E-state index in [1.54, 1.807) is 0 Å². The van der Waals surface area contributed by atoms with Crippen LogP contribution in [-0.4, -0.2) is 71.7 Å². The van der Waals surface area contributed by atoms with Crippen LogP contribution in [0, 0.1) is 0 Å². The van der Waals surface area contributed by atoms with Crippen molar-refractivity contribution >= 4 is 11.9 Å². The summed E-state index contributed by atoms with van der Waals surface area (Å²) in [5, 5.41) is 9.02. The summed E-state index contributed by atoms with van der Waals surface area (Å²) >= 11 is 0. The molecule has 2 aliphatic heterocycles. The molecule has 0 aliphatic carbocycles. The molecule has 2 saturated heterocycles. The number of nitrogens with zero attached hydrogens (tertiary/aromatic N) is 2. The molecule has 0 aromatic rings. The fraction of sp³-hybridized carbons (Fsp3) is 0.857. The van der Waals surface area contributed by atoms with Crippen molar-refractivity contribution in [3.63, 3.8) is 0 Å². The normalized spacial score (nSPS) is 26.9. The third kappa shape index (κ3) is 3.70. The van der Waals surface area contributed by atoms with Crippen LogP contribution >= 0.6 is 0 Å². The number of aliphatic carboxylic acids is 1. The maximum atomic E-state index is 12.5. The number of carbonyl (C=O) groups excluding carboxylic acids is 1. The maximum absolute atomic E-state index is 12.5. The lowest BCUT2D eigenvalue weighted by Gasteiger charge is -2.36. The number of carbonyl (C=O) groups is 2. The fourth-order valence-corrected chi connectivity index (χ4v) is 2.88. The van der Waals surface area contributed by atoms with E-state index in [0.29, 0.717) is 13.2 Å². The molecule has 2 unspecified atom stereocenters.